The summed E-state index contributed by atoms with van der Waals surface area (Å²) in [6.07, 6.45) is 1.79. The highest BCUT2D eigenvalue weighted by Gasteiger charge is 2.16. The molecule has 0 saturated heterocycles. The standard InChI is InChI=1S/C20H14Cl3N5OS/c1-2-9-28-18(12-3-5-13(21)6-4-12)25-27-20(28)30-11-17-24-26-19(29-17)15-8-7-14(22)10-16(15)23/h2-8,10H,1,9,11H2. The van der Waals surface area contributed by atoms with Gasteiger partial charge >= 0.3 is 0 Å². The Morgan fingerprint density at radius 2 is 1.73 bits per heavy atom. The van der Waals surface area contributed by atoms with Gasteiger partial charge in [0.15, 0.2) is 11.0 Å². The summed E-state index contributed by atoms with van der Waals surface area (Å²) in [4.78, 5) is 0. The van der Waals surface area contributed by atoms with Crippen LogP contribution in [0.15, 0.2) is 64.7 Å². The lowest BCUT2D eigenvalue weighted by Crippen LogP contribution is -2.00. The lowest BCUT2D eigenvalue weighted by molar-refractivity contribution is 0.528. The molecule has 0 radical (unpaired) electrons. The van der Waals surface area contributed by atoms with Crippen molar-refractivity contribution in [2.45, 2.75) is 17.5 Å². The van der Waals surface area contributed by atoms with Crippen LogP contribution < -0.4 is 0 Å². The molecular weight excluding hydrogens is 465 g/mol. The monoisotopic (exact) mass is 477 g/mol. The molecule has 0 saturated carbocycles. The summed E-state index contributed by atoms with van der Waals surface area (Å²) in [5.41, 5.74) is 1.54. The zero-order chi connectivity index (χ0) is 21.1. The van der Waals surface area contributed by atoms with E-state index in [4.69, 9.17) is 39.2 Å². The van der Waals surface area contributed by atoms with E-state index in [2.05, 4.69) is 27.0 Å². The summed E-state index contributed by atoms with van der Waals surface area (Å²) in [7, 11) is 0. The predicted molar refractivity (Wildman–Crippen MR) is 120 cm³/mol. The number of aromatic nitrogens is 5. The fourth-order valence-electron chi connectivity index (χ4n) is 2.71. The van der Waals surface area contributed by atoms with Crippen molar-refractivity contribution in [3.63, 3.8) is 0 Å². The zero-order valence-corrected chi connectivity index (χ0v) is 18.5. The molecule has 0 atom stereocenters. The Morgan fingerprint density at radius 3 is 2.47 bits per heavy atom. The molecular formula is C20H14Cl3N5OS. The van der Waals surface area contributed by atoms with Gasteiger partial charge in [-0.05, 0) is 42.5 Å². The summed E-state index contributed by atoms with van der Waals surface area (Å²) in [6.45, 7) is 4.38. The number of nitrogens with zero attached hydrogens (tertiary/aromatic N) is 5. The van der Waals surface area contributed by atoms with Gasteiger partial charge in [0.2, 0.25) is 11.8 Å². The van der Waals surface area contributed by atoms with Gasteiger partial charge in [0.25, 0.3) is 0 Å². The van der Waals surface area contributed by atoms with Crippen LogP contribution >= 0.6 is 46.6 Å². The number of hydrogen-bond donors (Lipinski definition) is 0. The zero-order valence-electron chi connectivity index (χ0n) is 15.4. The molecule has 0 N–H and O–H groups in total. The van der Waals surface area contributed by atoms with E-state index in [1.807, 2.05) is 28.8 Å². The molecule has 0 aliphatic carbocycles. The van der Waals surface area contributed by atoms with Crippen molar-refractivity contribution in [2.24, 2.45) is 0 Å². The van der Waals surface area contributed by atoms with Crippen molar-refractivity contribution in [3.8, 4) is 22.8 Å². The van der Waals surface area contributed by atoms with Crippen molar-refractivity contribution in [2.75, 3.05) is 0 Å². The van der Waals surface area contributed by atoms with E-state index < -0.39 is 0 Å². The highest BCUT2D eigenvalue weighted by Crippen LogP contribution is 2.31. The summed E-state index contributed by atoms with van der Waals surface area (Å²) in [6, 6.07) is 12.5. The molecule has 0 amide bonds. The van der Waals surface area contributed by atoms with Crippen molar-refractivity contribution >= 4 is 46.6 Å². The van der Waals surface area contributed by atoms with Crippen LogP contribution in [0.5, 0.6) is 0 Å². The minimum absolute atomic E-state index is 0.335. The summed E-state index contributed by atoms with van der Waals surface area (Å²) in [5.74, 6) is 1.94. The van der Waals surface area contributed by atoms with Crippen molar-refractivity contribution < 1.29 is 4.42 Å². The quantitative estimate of drug-likeness (QED) is 0.225. The van der Waals surface area contributed by atoms with Gasteiger partial charge in [-0.3, -0.25) is 4.57 Å². The van der Waals surface area contributed by atoms with Crippen LogP contribution in [0.3, 0.4) is 0 Å². The molecule has 2 aromatic carbocycles. The molecule has 2 heterocycles. The Labute approximate surface area is 191 Å². The van der Waals surface area contributed by atoms with Crippen LogP contribution in [-0.2, 0) is 12.3 Å². The van der Waals surface area contributed by atoms with E-state index in [0.717, 1.165) is 11.4 Å². The molecule has 0 aliphatic heterocycles. The maximum absolute atomic E-state index is 6.22. The average Bonchev–Trinajstić information content (AvgIpc) is 3.35. The molecule has 0 aliphatic rings. The molecule has 152 valence electrons. The Hall–Kier alpha value is -2.32. The van der Waals surface area contributed by atoms with E-state index in [1.54, 1.807) is 24.3 Å². The van der Waals surface area contributed by atoms with E-state index >= 15 is 0 Å². The summed E-state index contributed by atoms with van der Waals surface area (Å²) in [5, 5.41) is 19.2. The SMILES string of the molecule is C=CCn1c(SCc2nnc(-c3ccc(Cl)cc3Cl)o2)nnc1-c1ccc(Cl)cc1. The molecule has 10 heteroatoms. The smallest absolute Gasteiger partial charge is 0.249 e. The fourth-order valence-corrected chi connectivity index (χ4v) is 4.11. The highest BCUT2D eigenvalue weighted by atomic mass is 35.5. The predicted octanol–water partition coefficient (Wildman–Crippen LogP) is 6.43. The number of benzene rings is 2. The number of halogens is 3. The summed E-state index contributed by atoms with van der Waals surface area (Å²) >= 11 is 19.6. The van der Waals surface area contributed by atoms with Crippen LogP contribution in [0.2, 0.25) is 15.1 Å². The van der Waals surface area contributed by atoms with Gasteiger partial charge in [-0.2, -0.15) is 0 Å². The molecule has 0 bridgehead atoms. The number of hydrogen-bond acceptors (Lipinski definition) is 6. The van der Waals surface area contributed by atoms with E-state index in [-0.39, 0.29) is 0 Å². The second-order valence-electron chi connectivity index (χ2n) is 6.13. The number of rotatable bonds is 7. The van der Waals surface area contributed by atoms with E-state index in [0.29, 0.717) is 49.9 Å². The largest absolute Gasteiger partial charge is 0.420 e. The number of allylic oxidation sites excluding steroid dienone is 1. The lowest BCUT2D eigenvalue weighted by Gasteiger charge is -2.07. The molecule has 6 nitrogen and oxygen atoms in total. The molecule has 4 aromatic rings. The average molecular weight is 479 g/mol. The Bertz CT molecular complexity index is 1190. The Balaban J connectivity index is 1.53. The van der Waals surface area contributed by atoms with Gasteiger partial charge in [0.1, 0.15) is 0 Å². The minimum atomic E-state index is 0.335. The first-order valence-corrected chi connectivity index (χ1v) is 10.9. The second kappa shape index (κ2) is 9.22. The van der Waals surface area contributed by atoms with Crippen LogP contribution in [-0.4, -0.2) is 25.0 Å². The summed E-state index contributed by atoms with van der Waals surface area (Å²) < 4.78 is 7.72. The maximum Gasteiger partial charge on any atom is 0.249 e. The molecule has 4 rings (SSSR count). The Morgan fingerprint density at radius 1 is 0.967 bits per heavy atom. The third-order valence-corrected chi connectivity index (χ3v) is 5.84. The van der Waals surface area contributed by atoms with Gasteiger partial charge in [-0.15, -0.1) is 27.0 Å². The lowest BCUT2D eigenvalue weighted by atomic mass is 10.2. The van der Waals surface area contributed by atoms with Crippen molar-refractivity contribution in [1.29, 1.82) is 0 Å². The first-order valence-electron chi connectivity index (χ1n) is 8.76. The molecule has 2 aromatic heterocycles. The minimum Gasteiger partial charge on any atom is -0.420 e. The highest BCUT2D eigenvalue weighted by molar-refractivity contribution is 7.98. The van der Waals surface area contributed by atoms with Crippen LogP contribution in [0.4, 0.5) is 0 Å². The van der Waals surface area contributed by atoms with Gasteiger partial charge < -0.3 is 4.42 Å². The molecule has 30 heavy (non-hydrogen) atoms. The number of thioether (sulfide) groups is 1. The first-order chi connectivity index (χ1) is 14.5. The third kappa shape index (κ3) is 4.54. The van der Waals surface area contributed by atoms with E-state index in [9.17, 15) is 0 Å². The van der Waals surface area contributed by atoms with Crippen LogP contribution in [0.1, 0.15) is 5.89 Å². The van der Waals surface area contributed by atoms with Gasteiger partial charge in [-0.1, -0.05) is 52.6 Å². The van der Waals surface area contributed by atoms with Crippen LogP contribution in [0.25, 0.3) is 22.8 Å². The first kappa shape index (κ1) is 20.9. The normalized spacial score (nSPS) is 11.0. The molecule has 0 fully saturated rings. The second-order valence-corrected chi connectivity index (χ2v) is 8.35. The molecule has 0 unspecified atom stereocenters. The van der Waals surface area contributed by atoms with Gasteiger partial charge in [-0.25, -0.2) is 0 Å². The van der Waals surface area contributed by atoms with Crippen LogP contribution in [0, 0.1) is 0 Å². The van der Waals surface area contributed by atoms with Gasteiger partial charge in [0, 0.05) is 22.2 Å². The topological polar surface area (TPSA) is 69.6 Å². The van der Waals surface area contributed by atoms with Gasteiger partial charge in [0.05, 0.1) is 16.3 Å². The third-order valence-electron chi connectivity index (χ3n) is 4.08. The Kier molecular flexibility index (Phi) is 6.43. The molecule has 0 spiro atoms. The fraction of sp³-hybridized carbons (Fsp3) is 0.100. The maximum atomic E-state index is 6.22. The van der Waals surface area contributed by atoms with E-state index in [1.165, 1.54) is 11.8 Å². The van der Waals surface area contributed by atoms with Crippen molar-refractivity contribution in [3.05, 3.63) is 76.1 Å². The van der Waals surface area contributed by atoms with Crippen molar-refractivity contribution in [1.82, 2.24) is 25.0 Å².